The summed E-state index contributed by atoms with van der Waals surface area (Å²) in [6.07, 6.45) is 3.29. The van der Waals surface area contributed by atoms with Crippen molar-refractivity contribution in [3.63, 3.8) is 0 Å². The summed E-state index contributed by atoms with van der Waals surface area (Å²) >= 11 is 0. The quantitative estimate of drug-likeness (QED) is 0.866. The van der Waals surface area contributed by atoms with Gasteiger partial charge < -0.3 is 4.57 Å². The number of hydrogen-bond donors (Lipinski definition) is 0. The van der Waals surface area contributed by atoms with Crippen LogP contribution in [0.25, 0.3) is 0 Å². The predicted octanol–water partition coefficient (Wildman–Crippen LogP) is 1.92. The lowest BCUT2D eigenvalue weighted by atomic mass is 10.1. The van der Waals surface area contributed by atoms with Crippen molar-refractivity contribution in [1.82, 2.24) is 19.1 Å². The Morgan fingerprint density at radius 1 is 1.18 bits per heavy atom. The van der Waals surface area contributed by atoms with Gasteiger partial charge in [-0.2, -0.15) is 4.31 Å². The van der Waals surface area contributed by atoms with E-state index >= 15 is 0 Å². The number of piperidine rings is 1. The molecule has 0 atom stereocenters. The summed E-state index contributed by atoms with van der Waals surface area (Å²) in [6, 6.07) is 7.36. The fourth-order valence-electron chi connectivity index (χ4n) is 2.94. The van der Waals surface area contributed by atoms with Gasteiger partial charge in [0.2, 0.25) is 10.0 Å². The highest BCUT2D eigenvalue weighted by Gasteiger charge is 2.30. The number of rotatable bonds is 3. The lowest BCUT2D eigenvalue weighted by Gasteiger charge is -2.32. The Bertz CT molecular complexity index is 761. The molecule has 2 aromatic rings. The number of sulfonamides is 1. The number of aromatic nitrogens is 3. The second kappa shape index (κ2) is 5.81. The zero-order valence-electron chi connectivity index (χ0n) is 12.8. The molecule has 1 saturated heterocycles. The summed E-state index contributed by atoms with van der Waals surface area (Å²) < 4.78 is 29.0. The molecular formula is C15H20N4O2S. The van der Waals surface area contributed by atoms with Gasteiger partial charge in [-0.1, -0.05) is 12.1 Å². The van der Waals surface area contributed by atoms with Gasteiger partial charge in [0, 0.05) is 19.1 Å². The highest BCUT2D eigenvalue weighted by Crippen LogP contribution is 2.27. The van der Waals surface area contributed by atoms with E-state index < -0.39 is 10.0 Å². The molecule has 1 aromatic heterocycles. The van der Waals surface area contributed by atoms with Crippen molar-refractivity contribution in [1.29, 1.82) is 0 Å². The molecule has 1 aliphatic rings. The number of hydrogen-bond acceptors (Lipinski definition) is 4. The van der Waals surface area contributed by atoms with Crippen LogP contribution in [0.5, 0.6) is 0 Å². The largest absolute Gasteiger partial charge is 0.315 e. The molecule has 2 heterocycles. The average molecular weight is 320 g/mol. The van der Waals surface area contributed by atoms with Crippen molar-refractivity contribution in [2.24, 2.45) is 0 Å². The van der Waals surface area contributed by atoms with E-state index in [-0.39, 0.29) is 6.04 Å². The van der Waals surface area contributed by atoms with Crippen molar-refractivity contribution in [3.05, 3.63) is 42.0 Å². The van der Waals surface area contributed by atoms with E-state index in [2.05, 4.69) is 10.2 Å². The SMILES string of the molecule is Cc1cccc(S(=O)(=O)N2CCC(n3cnnc3C)CC2)c1. The van der Waals surface area contributed by atoms with Crippen LogP contribution in [0.3, 0.4) is 0 Å². The van der Waals surface area contributed by atoms with Crippen molar-refractivity contribution >= 4 is 10.0 Å². The maximum atomic E-state index is 12.7. The molecular weight excluding hydrogens is 300 g/mol. The number of nitrogens with zero attached hydrogens (tertiary/aromatic N) is 4. The first-order valence-corrected chi connectivity index (χ1v) is 8.85. The van der Waals surface area contributed by atoms with Gasteiger partial charge in [-0.25, -0.2) is 8.42 Å². The number of benzene rings is 1. The molecule has 0 spiro atoms. The molecule has 0 saturated carbocycles. The Labute approximate surface area is 130 Å². The molecule has 0 bridgehead atoms. The van der Waals surface area contributed by atoms with E-state index in [4.69, 9.17) is 0 Å². The van der Waals surface area contributed by atoms with Gasteiger partial charge in [0.25, 0.3) is 0 Å². The molecule has 7 heteroatoms. The zero-order valence-corrected chi connectivity index (χ0v) is 13.6. The fraction of sp³-hybridized carbons (Fsp3) is 0.467. The highest BCUT2D eigenvalue weighted by molar-refractivity contribution is 7.89. The molecule has 0 amide bonds. The standard InChI is InChI=1S/C15H20N4O2S/c1-12-4-3-5-15(10-12)22(20,21)18-8-6-14(7-9-18)19-11-16-17-13(19)2/h3-5,10-11,14H,6-9H2,1-2H3. The summed E-state index contributed by atoms with van der Waals surface area (Å²) in [6.45, 7) is 4.88. The minimum Gasteiger partial charge on any atom is -0.315 e. The lowest BCUT2D eigenvalue weighted by molar-refractivity contribution is 0.271. The van der Waals surface area contributed by atoms with E-state index in [0.717, 1.165) is 24.2 Å². The van der Waals surface area contributed by atoms with Crippen LogP contribution < -0.4 is 0 Å². The van der Waals surface area contributed by atoms with Crippen LogP contribution in [0.1, 0.15) is 30.3 Å². The van der Waals surface area contributed by atoms with Crippen LogP contribution >= 0.6 is 0 Å². The Kier molecular flexibility index (Phi) is 4.01. The molecule has 6 nitrogen and oxygen atoms in total. The molecule has 22 heavy (non-hydrogen) atoms. The third-order valence-corrected chi connectivity index (χ3v) is 6.09. The topological polar surface area (TPSA) is 68.1 Å². The summed E-state index contributed by atoms with van der Waals surface area (Å²) in [4.78, 5) is 0.381. The molecule has 0 aliphatic carbocycles. The van der Waals surface area contributed by atoms with Gasteiger partial charge in [0.15, 0.2) is 0 Å². The van der Waals surface area contributed by atoms with Gasteiger partial charge in [0.1, 0.15) is 12.2 Å². The van der Waals surface area contributed by atoms with Crippen molar-refractivity contribution < 1.29 is 8.42 Å². The van der Waals surface area contributed by atoms with Crippen LogP contribution in [0, 0.1) is 13.8 Å². The van der Waals surface area contributed by atoms with E-state index in [1.54, 1.807) is 28.8 Å². The Hall–Kier alpha value is -1.73. The Balaban J connectivity index is 1.75. The van der Waals surface area contributed by atoms with E-state index in [0.29, 0.717) is 18.0 Å². The van der Waals surface area contributed by atoms with Crippen LogP contribution in [0.2, 0.25) is 0 Å². The van der Waals surface area contributed by atoms with Crippen LogP contribution in [0.4, 0.5) is 0 Å². The Morgan fingerprint density at radius 3 is 2.50 bits per heavy atom. The zero-order chi connectivity index (χ0) is 15.7. The van der Waals surface area contributed by atoms with Crippen LogP contribution in [-0.4, -0.2) is 40.6 Å². The van der Waals surface area contributed by atoms with Crippen LogP contribution in [0.15, 0.2) is 35.5 Å². The lowest BCUT2D eigenvalue weighted by Crippen LogP contribution is -2.39. The summed E-state index contributed by atoms with van der Waals surface area (Å²) in [5.41, 5.74) is 0.955. The minimum absolute atomic E-state index is 0.277. The van der Waals surface area contributed by atoms with Crippen LogP contribution in [-0.2, 0) is 10.0 Å². The van der Waals surface area contributed by atoms with E-state index in [9.17, 15) is 8.42 Å². The average Bonchev–Trinajstić information content (AvgIpc) is 2.93. The van der Waals surface area contributed by atoms with Gasteiger partial charge in [-0.15, -0.1) is 10.2 Å². The van der Waals surface area contributed by atoms with Gasteiger partial charge in [0.05, 0.1) is 4.90 Å². The fourth-order valence-corrected chi connectivity index (χ4v) is 4.52. The van der Waals surface area contributed by atoms with Gasteiger partial charge >= 0.3 is 0 Å². The van der Waals surface area contributed by atoms with Crippen molar-refractivity contribution in [2.75, 3.05) is 13.1 Å². The molecule has 0 N–H and O–H groups in total. The normalized spacial score (nSPS) is 17.7. The maximum Gasteiger partial charge on any atom is 0.243 e. The first kappa shape index (κ1) is 15.2. The van der Waals surface area contributed by atoms with Crippen molar-refractivity contribution in [3.8, 4) is 0 Å². The van der Waals surface area contributed by atoms with Gasteiger partial charge in [-0.05, 0) is 44.4 Å². The minimum atomic E-state index is -3.39. The molecule has 0 radical (unpaired) electrons. The molecule has 1 aliphatic heterocycles. The van der Waals surface area contributed by atoms with E-state index in [1.165, 1.54) is 0 Å². The first-order chi connectivity index (χ1) is 10.5. The molecule has 3 rings (SSSR count). The number of aryl methyl sites for hydroxylation is 2. The second-order valence-corrected chi connectivity index (χ2v) is 7.68. The van der Waals surface area contributed by atoms with Crippen molar-refractivity contribution in [2.45, 2.75) is 37.6 Å². The monoisotopic (exact) mass is 320 g/mol. The molecule has 0 unspecified atom stereocenters. The Morgan fingerprint density at radius 2 is 1.91 bits per heavy atom. The first-order valence-electron chi connectivity index (χ1n) is 7.41. The van der Waals surface area contributed by atoms with E-state index in [1.807, 2.05) is 24.5 Å². The highest BCUT2D eigenvalue weighted by atomic mass is 32.2. The summed E-state index contributed by atoms with van der Waals surface area (Å²) in [7, 11) is -3.39. The third kappa shape index (κ3) is 2.78. The maximum absolute atomic E-state index is 12.7. The molecule has 1 fully saturated rings. The predicted molar refractivity (Wildman–Crippen MR) is 83.0 cm³/mol. The van der Waals surface area contributed by atoms with Gasteiger partial charge in [-0.3, -0.25) is 0 Å². The second-order valence-electron chi connectivity index (χ2n) is 5.74. The third-order valence-electron chi connectivity index (χ3n) is 4.20. The smallest absolute Gasteiger partial charge is 0.243 e. The molecule has 1 aromatic carbocycles. The molecule has 118 valence electrons. The summed E-state index contributed by atoms with van der Waals surface area (Å²) in [5, 5.41) is 7.90. The summed E-state index contributed by atoms with van der Waals surface area (Å²) in [5.74, 6) is 0.875.